The van der Waals surface area contributed by atoms with E-state index in [1.807, 2.05) is 0 Å². The van der Waals surface area contributed by atoms with Crippen molar-refractivity contribution in [3.63, 3.8) is 0 Å². The van der Waals surface area contributed by atoms with E-state index < -0.39 is 8.32 Å². The lowest BCUT2D eigenvalue weighted by Crippen LogP contribution is -2.43. The molecule has 1 aliphatic rings. The first-order valence-corrected chi connectivity index (χ1v) is 13.0. The Kier molecular flexibility index (Phi) is 8.71. The Morgan fingerprint density at radius 3 is 2.33 bits per heavy atom. The molecule has 24 heavy (non-hydrogen) atoms. The third-order valence-corrected chi connectivity index (χ3v) is 10.7. The third kappa shape index (κ3) is 7.41. The Hall–Kier alpha value is -0.123. The lowest BCUT2D eigenvalue weighted by atomic mass is 9.84. The van der Waals surface area contributed by atoms with Gasteiger partial charge in [-0.05, 0) is 70.0 Å². The fourth-order valence-corrected chi connectivity index (χ4v) is 4.87. The molecule has 1 fully saturated rings. The highest BCUT2D eigenvalue weighted by Crippen LogP contribution is 2.37. The SMILES string of the molecule is C/C(=C\[C@H](O)C1CCCCC1)CCC[C@H](C)O[Si](C)(C)C(C)(C)C. The molecule has 0 heterocycles. The van der Waals surface area contributed by atoms with Gasteiger partial charge in [0, 0.05) is 6.10 Å². The molecule has 0 radical (unpaired) electrons. The van der Waals surface area contributed by atoms with Crippen molar-refractivity contribution in [2.24, 2.45) is 5.92 Å². The summed E-state index contributed by atoms with van der Waals surface area (Å²) in [6.45, 7) is 15.9. The molecule has 1 N–H and O–H groups in total. The molecule has 0 spiro atoms. The zero-order valence-corrected chi connectivity index (χ0v) is 18.3. The summed E-state index contributed by atoms with van der Waals surface area (Å²) in [6.07, 6.45) is 11.9. The van der Waals surface area contributed by atoms with E-state index in [0.29, 0.717) is 12.0 Å². The van der Waals surface area contributed by atoms with Crippen LogP contribution in [0.25, 0.3) is 0 Å². The Balaban J connectivity index is 2.33. The zero-order valence-electron chi connectivity index (χ0n) is 17.3. The summed E-state index contributed by atoms with van der Waals surface area (Å²) >= 11 is 0. The van der Waals surface area contributed by atoms with E-state index >= 15 is 0 Å². The van der Waals surface area contributed by atoms with Gasteiger partial charge in [-0.1, -0.05) is 51.7 Å². The van der Waals surface area contributed by atoms with Crippen LogP contribution in [0.5, 0.6) is 0 Å². The summed E-state index contributed by atoms with van der Waals surface area (Å²) in [4.78, 5) is 0. The normalized spacial score (nSPS) is 20.9. The molecule has 1 saturated carbocycles. The van der Waals surface area contributed by atoms with Crippen molar-refractivity contribution in [3.05, 3.63) is 11.6 Å². The second-order valence-electron chi connectivity index (χ2n) is 9.48. The lowest BCUT2D eigenvalue weighted by Gasteiger charge is -2.38. The van der Waals surface area contributed by atoms with Gasteiger partial charge in [-0.15, -0.1) is 0 Å². The van der Waals surface area contributed by atoms with Crippen LogP contribution in [0.15, 0.2) is 11.6 Å². The predicted octanol–water partition coefficient (Wildman–Crippen LogP) is 6.45. The van der Waals surface area contributed by atoms with Crippen LogP contribution in [-0.4, -0.2) is 25.6 Å². The van der Waals surface area contributed by atoms with E-state index in [9.17, 15) is 5.11 Å². The third-order valence-electron chi connectivity index (χ3n) is 6.07. The molecule has 2 atom stereocenters. The molecule has 0 bridgehead atoms. The van der Waals surface area contributed by atoms with E-state index in [2.05, 4.69) is 53.8 Å². The fourth-order valence-electron chi connectivity index (χ4n) is 3.39. The molecular formula is C21H42O2Si. The summed E-state index contributed by atoms with van der Waals surface area (Å²) in [5.41, 5.74) is 1.34. The van der Waals surface area contributed by atoms with Crippen LogP contribution < -0.4 is 0 Å². The van der Waals surface area contributed by atoms with Crippen molar-refractivity contribution in [2.75, 3.05) is 0 Å². The highest BCUT2D eigenvalue weighted by Gasteiger charge is 2.38. The van der Waals surface area contributed by atoms with E-state index in [1.54, 1.807) is 0 Å². The Morgan fingerprint density at radius 1 is 1.21 bits per heavy atom. The van der Waals surface area contributed by atoms with Gasteiger partial charge in [0.15, 0.2) is 8.32 Å². The highest BCUT2D eigenvalue weighted by molar-refractivity contribution is 6.74. The molecule has 0 unspecified atom stereocenters. The van der Waals surface area contributed by atoms with Crippen LogP contribution in [0.3, 0.4) is 0 Å². The number of aliphatic hydroxyl groups is 1. The molecule has 2 nitrogen and oxygen atoms in total. The minimum atomic E-state index is -1.65. The molecule has 0 aromatic carbocycles. The summed E-state index contributed by atoms with van der Waals surface area (Å²) < 4.78 is 6.43. The van der Waals surface area contributed by atoms with Gasteiger partial charge in [-0.2, -0.15) is 0 Å². The maximum atomic E-state index is 10.4. The van der Waals surface area contributed by atoms with Crippen molar-refractivity contribution in [3.8, 4) is 0 Å². The van der Waals surface area contributed by atoms with Crippen LogP contribution >= 0.6 is 0 Å². The first-order valence-electron chi connectivity index (χ1n) is 10.1. The summed E-state index contributed by atoms with van der Waals surface area (Å²) in [5, 5.41) is 10.7. The smallest absolute Gasteiger partial charge is 0.192 e. The largest absolute Gasteiger partial charge is 0.414 e. The number of hydrogen-bond donors (Lipinski definition) is 1. The Labute approximate surface area is 152 Å². The molecule has 0 aliphatic heterocycles. The number of allylic oxidation sites excluding steroid dienone is 1. The minimum Gasteiger partial charge on any atom is -0.414 e. The van der Waals surface area contributed by atoms with Crippen LogP contribution in [0.1, 0.15) is 86.0 Å². The Morgan fingerprint density at radius 2 is 1.79 bits per heavy atom. The quantitative estimate of drug-likeness (QED) is 0.400. The average Bonchev–Trinajstić information content (AvgIpc) is 2.46. The second-order valence-corrected chi connectivity index (χ2v) is 14.2. The molecule has 1 aliphatic carbocycles. The Bertz CT molecular complexity index is 389. The maximum absolute atomic E-state index is 10.4. The van der Waals surface area contributed by atoms with E-state index in [4.69, 9.17) is 4.43 Å². The van der Waals surface area contributed by atoms with Crippen molar-refractivity contribution in [2.45, 2.75) is 116 Å². The zero-order chi connectivity index (χ0) is 18.4. The predicted molar refractivity (Wildman–Crippen MR) is 108 cm³/mol. The molecule has 0 saturated heterocycles. The standard InChI is InChI=1S/C21H42O2Si/c1-17(16-20(22)19-14-9-8-10-15-19)12-11-13-18(2)23-24(6,7)21(3,4)5/h16,18-20,22H,8-15H2,1-7H3/b17-16+/t18-,20-/m0/s1. The molecule has 0 aromatic heterocycles. The maximum Gasteiger partial charge on any atom is 0.192 e. The monoisotopic (exact) mass is 354 g/mol. The van der Waals surface area contributed by atoms with Gasteiger partial charge in [-0.3, -0.25) is 0 Å². The summed E-state index contributed by atoms with van der Waals surface area (Å²) in [7, 11) is -1.65. The topological polar surface area (TPSA) is 29.5 Å². The lowest BCUT2D eigenvalue weighted by molar-refractivity contribution is 0.124. The van der Waals surface area contributed by atoms with Gasteiger partial charge in [-0.25, -0.2) is 0 Å². The van der Waals surface area contributed by atoms with Crippen LogP contribution in [-0.2, 0) is 4.43 Å². The van der Waals surface area contributed by atoms with Crippen molar-refractivity contribution < 1.29 is 9.53 Å². The summed E-state index contributed by atoms with van der Waals surface area (Å²) in [6, 6.07) is 0. The van der Waals surface area contributed by atoms with E-state index in [0.717, 1.165) is 19.3 Å². The number of hydrogen-bond acceptors (Lipinski definition) is 2. The van der Waals surface area contributed by atoms with Crippen LogP contribution in [0.2, 0.25) is 18.1 Å². The van der Waals surface area contributed by atoms with Crippen molar-refractivity contribution in [1.82, 2.24) is 0 Å². The van der Waals surface area contributed by atoms with Gasteiger partial charge in [0.25, 0.3) is 0 Å². The summed E-state index contributed by atoms with van der Waals surface area (Å²) in [5.74, 6) is 0.495. The van der Waals surface area contributed by atoms with Crippen molar-refractivity contribution in [1.29, 1.82) is 0 Å². The van der Waals surface area contributed by atoms with Gasteiger partial charge in [0.05, 0.1) is 6.10 Å². The second kappa shape index (κ2) is 9.54. The van der Waals surface area contributed by atoms with Gasteiger partial charge >= 0.3 is 0 Å². The minimum absolute atomic E-state index is 0.230. The highest BCUT2D eigenvalue weighted by atomic mass is 28.4. The average molecular weight is 355 g/mol. The van der Waals surface area contributed by atoms with Gasteiger partial charge < -0.3 is 9.53 Å². The molecule has 0 amide bonds. The number of rotatable bonds is 8. The first-order chi connectivity index (χ1) is 11.0. The first kappa shape index (κ1) is 21.9. The number of aliphatic hydroxyl groups excluding tert-OH is 1. The molecule has 3 heteroatoms. The fraction of sp³-hybridized carbons (Fsp3) is 0.905. The van der Waals surface area contributed by atoms with Gasteiger partial charge in [0.1, 0.15) is 0 Å². The molecule has 1 rings (SSSR count). The molecular weight excluding hydrogens is 312 g/mol. The van der Waals surface area contributed by atoms with Gasteiger partial charge in [0.2, 0.25) is 0 Å². The molecule has 0 aromatic rings. The van der Waals surface area contributed by atoms with E-state index in [1.165, 1.54) is 37.7 Å². The van der Waals surface area contributed by atoms with Crippen LogP contribution in [0, 0.1) is 5.92 Å². The van der Waals surface area contributed by atoms with E-state index in [-0.39, 0.29) is 11.1 Å². The molecule has 142 valence electrons. The van der Waals surface area contributed by atoms with Crippen molar-refractivity contribution >= 4 is 8.32 Å². The van der Waals surface area contributed by atoms with Crippen LogP contribution in [0.4, 0.5) is 0 Å².